The Labute approximate surface area is 92.9 Å². The molecule has 1 aromatic heterocycles. The minimum Gasteiger partial charge on any atom is -0.330 e. The van der Waals surface area contributed by atoms with Crippen LogP contribution in [0.5, 0.6) is 0 Å². The van der Waals surface area contributed by atoms with Gasteiger partial charge in [0.25, 0.3) is 0 Å². The average Bonchev–Trinajstić information content (AvgIpc) is 2.56. The van der Waals surface area contributed by atoms with Crippen molar-refractivity contribution in [2.24, 2.45) is 5.73 Å². The Hall–Kier alpha value is -1.55. The number of H-pyrrole nitrogens is 2. The molecule has 0 radical (unpaired) electrons. The number of aromatic nitrogens is 2. The second-order valence-corrected chi connectivity index (χ2v) is 4.68. The van der Waals surface area contributed by atoms with Crippen molar-refractivity contribution >= 4 is 11.0 Å². The molecule has 0 saturated heterocycles. The van der Waals surface area contributed by atoms with Crippen molar-refractivity contribution in [2.45, 2.75) is 24.7 Å². The van der Waals surface area contributed by atoms with E-state index in [0.29, 0.717) is 6.54 Å². The van der Waals surface area contributed by atoms with Crippen molar-refractivity contribution < 1.29 is 0 Å². The van der Waals surface area contributed by atoms with Crippen molar-refractivity contribution in [3.8, 4) is 0 Å². The summed E-state index contributed by atoms with van der Waals surface area (Å²) in [5, 5.41) is 0. The first-order valence-corrected chi connectivity index (χ1v) is 5.66. The van der Waals surface area contributed by atoms with Gasteiger partial charge in [0.05, 0.1) is 11.0 Å². The van der Waals surface area contributed by atoms with Gasteiger partial charge in [0.2, 0.25) is 0 Å². The highest BCUT2D eigenvalue weighted by atomic mass is 16.1. The molecule has 1 aromatic carbocycles. The Morgan fingerprint density at radius 3 is 2.62 bits per heavy atom. The number of nitrogens with one attached hydrogen (secondary N) is 2. The van der Waals surface area contributed by atoms with Gasteiger partial charge in [-0.3, -0.25) is 0 Å². The molecule has 16 heavy (non-hydrogen) atoms. The Morgan fingerprint density at radius 2 is 2.00 bits per heavy atom. The highest BCUT2D eigenvalue weighted by molar-refractivity contribution is 5.75. The summed E-state index contributed by atoms with van der Waals surface area (Å²) < 4.78 is 0. The molecule has 1 saturated carbocycles. The van der Waals surface area contributed by atoms with E-state index in [9.17, 15) is 4.79 Å². The lowest BCUT2D eigenvalue weighted by Crippen LogP contribution is -2.41. The second kappa shape index (κ2) is 3.22. The van der Waals surface area contributed by atoms with E-state index in [1.807, 2.05) is 6.07 Å². The molecule has 0 amide bonds. The van der Waals surface area contributed by atoms with Crippen LogP contribution >= 0.6 is 0 Å². The number of hydrogen-bond donors (Lipinski definition) is 3. The molecule has 1 aliphatic carbocycles. The van der Waals surface area contributed by atoms with Crippen molar-refractivity contribution in [3.05, 3.63) is 34.2 Å². The zero-order chi connectivity index (χ0) is 11.2. The van der Waals surface area contributed by atoms with Crippen LogP contribution in [0.3, 0.4) is 0 Å². The summed E-state index contributed by atoms with van der Waals surface area (Å²) in [6, 6.07) is 6.09. The van der Waals surface area contributed by atoms with E-state index in [1.54, 1.807) is 0 Å². The third kappa shape index (κ3) is 1.23. The number of hydrogen-bond acceptors (Lipinski definition) is 2. The van der Waals surface area contributed by atoms with E-state index in [1.165, 1.54) is 12.0 Å². The first kappa shape index (κ1) is 9.66. The second-order valence-electron chi connectivity index (χ2n) is 4.68. The average molecular weight is 217 g/mol. The number of aromatic amines is 2. The topological polar surface area (TPSA) is 74.7 Å². The quantitative estimate of drug-likeness (QED) is 0.708. The van der Waals surface area contributed by atoms with Gasteiger partial charge in [0.15, 0.2) is 0 Å². The lowest BCUT2D eigenvalue weighted by molar-refractivity contribution is 0.253. The molecule has 1 fully saturated rings. The summed E-state index contributed by atoms with van der Waals surface area (Å²) in [6.07, 6.45) is 3.56. The molecule has 0 aliphatic heterocycles. The molecule has 1 aliphatic rings. The third-order valence-electron chi connectivity index (χ3n) is 3.83. The van der Waals surface area contributed by atoms with Crippen molar-refractivity contribution in [1.29, 1.82) is 0 Å². The summed E-state index contributed by atoms with van der Waals surface area (Å²) in [7, 11) is 0. The van der Waals surface area contributed by atoms with Gasteiger partial charge in [-0.2, -0.15) is 0 Å². The fraction of sp³-hybridized carbons (Fsp3) is 0.417. The van der Waals surface area contributed by atoms with Gasteiger partial charge in [-0.25, -0.2) is 4.79 Å². The highest BCUT2D eigenvalue weighted by Crippen LogP contribution is 2.43. The number of imidazole rings is 1. The van der Waals surface area contributed by atoms with Crippen molar-refractivity contribution in [2.75, 3.05) is 6.54 Å². The van der Waals surface area contributed by atoms with Gasteiger partial charge in [0, 0.05) is 12.0 Å². The standard InChI is InChI=1S/C12H15N3O/c13-7-12(4-1-5-12)8-2-3-9-10(6-8)15-11(16)14-9/h2-3,6H,1,4-5,7,13H2,(H2,14,15,16). The maximum atomic E-state index is 11.2. The molecular weight excluding hydrogens is 202 g/mol. The molecule has 3 rings (SSSR count). The van der Waals surface area contributed by atoms with Crippen LogP contribution in [0, 0.1) is 0 Å². The van der Waals surface area contributed by atoms with E-state index in [0.717, 1.165) is 23.9 Å². The molecular formula is C12H15N3O. The smallest absolute Gasteiger partial charge is 0.323 e. The number of fused-ring (bicyclic) bond motifs is 1. The van der Waals surface area contributed by atoms with Gasteiger partial charge < -0.3 is 15.7 Å². The molecule has 4 heteroatoms. The van der Waals surface area contributed by atoms with Crippen LogP contribution in [0.1, 0.15) is 24.8 Å². The van der Waals surface area contributed by atoms with Crippen LogP contribution in [0.2, 0.25) is 0 Å². The minimum atomic E-state index is -0.150. The van der Waals surface area contributed by atoms with E-state index in [2.05, 4.69) is 22.1 Å². The van der Waals surface area contributed by atoms with Crippen LogP contribution in [0.15, 0.2) is 23.0 Å². The Balaban J connectivity index is 2.14. The molecule has 2 aromatic rings. The summed E-state index contributed by atoms with van der Waals surface area (Å²) in [6.45, 7) is 0.688. The van der Waals surface area contributed by atoms with E-state index in [-0.39, 0.29) is 11.1 Å². The van der Waals surface area contributed by atoms with Crippen LogP contribution < -0.4 is 11.4 Å². The monoisotopic (exact) mass is 217 g/mol. The zero-order valence-corrected chi connectivity index (χ0v) is 9.05. The minimum absolute atomic E-state index is 0.150. The van der Waals surface area contributed by atoms with Crippen LogP contribution in [0.25, 0.3) is 11.0 Å². The molecule has 4 N–H and O–H groups in total. The molecule has 0 unspecified atom stereocenters. The highest BCUT2D eigenvalue weighted by Gasteiger charge is 2.37. The van der Waals surface area contributed by atoms with E-state index < -0.39 is 0 Å². The van der Waals surface area contributed by atoms with E-state index >= 15 is 0 Å². The van der Waals surface area contributed by atoms with Gasteiger partial charge in [-0.05, 0) is 30.5 Å². The van der Waals surface area contributed by atoms with Crippen LogP contribution in [-0.2, 0) is 5.41 Å². The lowest BCUT2D eigenvalue weighted by atomic mass is 9.64. The fourth-order valence-electron chi connectivity index (χ4n) is 2.58. The Morgan fingerprint density at radius 1 is 1.25 bits per heavy atom. The first-order valence-electron chi connectivity index (χ1n) is 5.66. The summed E-state index contributed by atoms with van der Waals surface area (Å²) in [5.41, 5.74) is 8.87. The van der Waals surface area contributed by atoms with Gasteiger partial charge in [-0.15, -0.1) is 0 Å². The SMILES string of the molecule is NCC1(c2ccc3[nH]c(=O)[nH]c3c2)CCC1. The largest absolute Gasteiger partial charge is 0.330 e. The zero-order valence-electron chi connectivity index (χ0n) is 9.05. The summed E-state index contributed by atoms with van der Waals surface area (Å²) in [5.74, 6) is 0. The fourth-order valence-corrected chi connectivity index (χ4v) is 2.58. The normalized spacial score (nSPS) is 18.6. The van der Waals surface area contributed by atoms with Crippen LogP contribution in [-0.4, -0.2) is 16.5 Å². The molecule has 1 heterocycles. The molecule has 4 nitrogen and oxygen atoms in total. The third-order valence-corrected chi connectivity index (χ3v) is 3.83. The first-order chi connectivity index (χ1) is 7.73. The van der Waals surface area contributed by atoms with Gasteiger partial charge >= 0.3 is 5.69 Å². The number of nitrogens with two attached hydrogens (primary N) is 1. The molecule has 84 valence electrons. The van der Waals surface area contributed by atoms with Crippen molar-refractivity contribution in [1.82, 2.24) is 9.97 Å². The molecule has 0 atom stereocenters. The maximum Gasteiger partial charge on any atom is 0.323 e. The number of benzene rings is 1. The maximum absolute atomic E-state index is 11.2. The van der Waals surface area contributed by atoms with E-state index in [4.69, 9.17) is 5.73 Å². The number of rotatable bonds is 2. The van der Waals surface area contributed by atoms with Crippen molar-refractivity contribution in [3.63, 3.8) is 0 Å². The molecule has 0 spiro atoms. The van der Waals surface area contributed by atoms with Crippen LogP contribution in [0.4, 0.5) is 0 Å². The predicted octanol–water partition coefficient (Wildman–Crippen LogP) is 1.24. The predicted molar refractivity (Wildman–Crippen MR) is 63.5 cm³/mol. The molecule has 0 bridgehead atoms. The lowest BCUT2D eigenvalue weighted by Gasteiger charge is -2.41. The Bertz CT molecular complexity index is 572. The van der Waals surface area contributed by atoms with Gasteiger partial charge in [0.1, 0.15) is 0 Å². The summed E-state index contributed by atoms with van der Waals surface area (Å²) >= 11 is 0. The summed E-state index contributed by atoms with van der Waals surface area (Å²) in [4.78, 5) is 16.7. The van der Waals surface area contributed by atoms with Gasteiger partial charge in [-0.1, -0.05) is 12.5 Å². The Kier molecular flexibility index (Phi) is 1.94.